The molecule has 156 valence electrons. The van der Waals surface area contributed by atoms with Crippen molar-refractivity contribution < 1.29 is 29.4 Å². The highest BCUT2D eigenvalue weighted by Gasteiger charge is 2.30. The van der Waals surface area contributed by atoms with Gasteiger partial charge in [-0.2, -0.15) is 0 Å². The van der Waals surface area contributed by atoms with Crippen LogP contribution in [0, 0.1) is 11.8 Å². The zero-order valence-electron chi connectivity index (χ0n) is 16.5. The van der Waals surface area contributed by atoms with E-state index in [0.29, 0.717) is 0 Å². The molecule has 0 aromatic heterocycles. The third kappa shape index (κ3) is 8.83. The van der Waals surface area contributed by atoms with Crippen molar-refractivity contribution in [3.8, 4) is 0 Å². The van der Waals surface area contributed by atoms with Gasteiger partial charge in [0.05, 0.1) is 6.61 Å². The Bertz CT molecular complexity index is 538. The number of amides is 3. The van der Waals surface area contributed by atoms with Crippen molar-refractivity contribution in [2.75, 3.05) is 6.61 Å². The van der Waals surface area contributed by atoms with Gasteiger partial charge in [-0.15, -0.1) is 0 Å². The SMILES string of the molecule is CC(C)CC(NC(=O)C(NC(=O)C(C)NC(=O)C(N)CO)C(C)C)C(=O)O. The molecule has 0 aromatic rings. The van der Waals surface area contributed by atoms with E-state index in [1.165, 1.54) is 6.92 Å². The predicted octanol–water partition coefficient (Wildman–Crippen LogP) is -1.43. The van der Waals surface area contributed by atoms with Crippen LogP contribution in [0.3, 0.4) is 0 Å². The van der Waals surface area contributed by atoms with E-state index in [0.717, 1.165) is 0 Å². The third-order valence-electron chi connectivity index (χ3n) is 3.85. The van der Waals surface area contributed by atoms with E-state index < -0.39 is 54.5 Å². The molecule has 4 atom stereocenters. The number of aliphatic carboxylic acids is 1. The van der Waals surface area contributed by atoms with E-state index in [1.807, 2.05) is 13.8 Å². The third-order valence-corrected chi connectivity index (χ3v) is 3.85. The molecule has 0 saturated carbocycles. The van der Waals surface area contributed by atoms with E-state index in [1.54, 1.807) is 13.8 Å². The van der Waals surface area contributed by atoms with Crippen LogP contribution < -0.4 is 21.7 Å². The van der Waals surface area contributed by atoms with E-state index in [2.05, 4.69) is 16.0 Å². The lowest BCUT2D eigenvalue weighted by Gasteiger charge is -2.26. The number of carboxylic acids is 1. The maximum absolute atomic E-state index is 12.5. The van der Waals surface area contributed by atoms with Gasteiger partial charge in [0.25, 0.3) is 0 Å². The molecule has 0 fully saturated rings. The number of rotatable bonds is 11. The zero-order valence-corrected chi connectivity index (χ0v) is 16.5. The van der Waals surface area contributed by atoms with Gasteiger partial charge >= 0.3 is 5.97 Å². The summed E-state index contributed by atoms with van der Waals surface area (Å²) < 4.78 is 0. The van der Waals surface area contributed by atoms with E-state index in [-0.39, 0.29) is 18.3 Å². The average molecular weight is 388 g/mol. The maximum Gasteiger partial charge on any atom is 0.326 e. The highest BCUT2D eigenvalue weighted by Crippen LogP contribution is 2.08. The van der Waals surface area contributed by atoms with Crippen LogP contribution in [0.1, 0.15) is 41.0 Å². The molecular weight excluding hydrogens is 356 g/mol. The van der Waals surface area contributed by atoms with Gasteiger partial charge in [0.15, 0.2) is 0 Å². The largest absolute Gasteiger partial charge is 0.480 e. The summed E-state index contributed by atoms with van der Waals surface area (Å²) in [6.07, 6.45) is 0.255. The van der Waals surface area contributed by atoms with Crippen molar-refractivity contribution in [3.63, 3.8) is 0 Å². The number of hydrogen-bond acceptors (Lipinski definition) is 6. The second kappa shape index (κ2) is 11.5. The number of nitrogens with one attached hydrogen (secondary N) is 3. The van der Waals surface area contributed by atoms with Gasteiger partial charge in [0.2, 0.25) is 17.7 Å². The molecular formula is C17H32N4O6. The number of nitrogens with two attached hydrogens (primary N) is 1. The summed E-state index contributed by atoms with van der Waals surface area (Å²) in [5.74, 6) is -3.34. The van der Waals surface area contributed by atoms with Crippen LogP contribution in [0.4, 0.5) is 0 Å². The Morgan fingerprint density at radius 3 is 1.85 bits per heavy atom. The number of carbonyl (C=O) groups excluding carboxylic acids is 3. The molecule has 0 aromatic carbocycles. The van der Waals surface area contributed by atoms with Gasteiger partial charge < -0.3 is 31.9 Å². The molecule has 0 bridgehead atoms. The molecule has 0 aliphatic heterocycles. The van der Waals surface area contributed by atoms with Crippen LogP contribution in [-0.2, 0) is 19.2 Å². The Balaban J connectivity index is 5.01. The molecule has 0 heterocycles. The van der Waals surface area contributed by atoms with E-state index >= 15 is 0 Å². The number of carbonyl (C=O) groups is 4. The summed E-state index contributed by atoms with van der Waals surface area (Å²) in [5.41, 5.74) is 5.37. The predicted molar refractivity (Wildman–Crippen MR) is 98.5 cm³/mol. The van der Waals surface area contributed by atoms with Gasteiger partial charge in [0.1, 0.15) is 24.2 Å². The highest BCUT2D eigenvalue weighted by atomic mass is 16.4. The molecule has 4 unspecified atom stereocenters. The first-order valence-electron chi connectivity index (χ1n) is 8.91. The highest BCUT2D eigenvalue weighted by molar-refractivity contribution is 5.94. The minimum atomic E-state index is -1.16. The maximum atomic E-state index is 12.5. The number of carboxylic acid groups (broad SMARTS) is 1. The second-order valence-corrected chi connectivity index (χ2v) is 7.28. The van der Waals surface area contributed by atoms with Crippen LogP contribution in [0.5, 0.6) is 0 Å². The van der Waals surface area contributed by atoms with Crippen molar-refractivity contribution in [1.29, 1.82) is 0 Å². The molecule has 10 heteroatoms. The summed E-state index contributed by atoms with van der Waals surface area (Å²) in [5, 5.41) is 25.4. The molecule has 10 nitrogen and oxygen atoms in total. The molecule has 0 aliphatic rings. The van der Waals surface area contributed by atoms with Crippen LogP contribution in [0.25, 0.3) is 0 Å². The fourth-order valence-corrected chi connectivity index (χ4v) is 2.24. The Morgan fingerprint density at radius 2 is 1.44 bits per heavy atom. The first-order chi connectivity index (χ1) is 12.4. The topological polar surface area (TPSA) is 171 Å². The van der Waals surface area contributed by atoms with Crippen molar-refractivity contribution >= 4 is 23.7 Å². The minimum Gasteiger partial charge on any atom is -0.480 e. The Labute approximate surface area is 159 Å². The lowest BCUT2D eigenvalue weighted by Crippen LogP contribution is -2.58. The van der Waals surface area contributed by atoms with Crippen LogP contribution in [0.2, 0.25) is 0 Å². The summed E-state index contributed by atoms with van der Waals surface area (Å²) in [7, 11) is 0. The summed E-state index contributed by atoms with van der Waals surface area (Å²) >= 11 is 0. The summed E-state index contributed by atoms with van der Waals surface area (Å²) in [4.78, 5) is 47.7. The molecule has 3 amide bonds. The van der Waals surface area contributed by atoms with Crippen LogP contribution in [0.15, 0.2) is 0 Å². The summed E-state index contributed by atoms with van der Waals surface area (Å²) in [6, 6.07) is -4.18. The van der Waals surface area contributed by atoms with Gasteiger partial charge in [0, 0.05) is 0 Å². The van der Waals surface area contributed by atoms with E-state index in [9.17, 15) is 24.3 Å². The van der Waals surface area contributed by atoms with Gasteiger partial charge in [-0.25, -0.2) is 4.79 Å². The number of hydrogen-bond donors (Lipinski definition) is 6. The van der Waals surface area contributed by atoms with Crippen molar-refractivity contribution in [2.24, 2.45) is 17.6 Å². The molecule has 0 aliphatic carbocycles. The fraction of sp³-hybridized carbons (Fsp3) is 0.765. The number of aliphatic hydroxyl groups is 1. The van der Waals surface area contributed by atoms with Crippen LogP contribution in [-0.4, -0.2) is 64.7 Å². The number of aliphatic hydroxyl groups excluding tert-OH is 1. The molecule has 0 radical (unpaired) electrons. The molecule has 0 spiro atoms. The van der Waals surface area contributed by atoms with Gasteiger partial charge in [-0.1, -0.05) is 27.7 Å². The Hall–Kier alpha value is -2.20. The molecule has 7 N–H and O–H groups in total. The molecule has 0 saturated heterocycles. The molecule has 0 rings (SSSR count). The first-order valence-corrected chi connectivity index (χ1v) is 8.91. The van der Waals surface area contributed by atoms with Gasteiger partial charge in [-0.3, -0.25) is 14.4 Å². The fourth-order valence-electron chi connectivity index (χ4n) is 2.24. The van der Waals surface area contributed by atoms with Gasteiger partial charge in [-0.05, 0) is 25.2 Å². The quantitative estimate of drug-likeness (QED) is 0.252. The van der Waals surface area contributed by atoms with Crippen molar-refractivity contribution in [2.45, 2.75) is 65.2 Å². The first kappa shape index (κ1) is 24.8. The average Bonchev–Trinajstić information content (AvgIpc) is 2.56. The van der Waals surface area contributed by atoms with Crippen molar-refractivity contribution in [3.05, 3.63) is 0 Å². The lowest BCUT2D eigenvalue weighted by molar-refractivity contribution is -0.143. The lowest BCUT2D eigenvalue weighted by atomic mass is 10.00. The zero-order chi connectivity index (χ0) is 21.3. The Kier molecular flexibility index (Phi) is 10.6. The van der Waals surface area contributed by atoms with E-state index in [4.69, 9.17) is 10.8 Å². The van der Waals surface area contributed by atoms with Crippen LogP contribution >= 0.6 is 0 Å². The summed E-state index contributed by atoms with van der Waals surface area (Å²) in [6.45, 7) is 7.92. The van der Waals surface area contributed by atoms with Crippen molar-refractivity contribution in [1.82, 2.24) is 16.0 Å². The smallest absolute Gasteiger partial charge is 0.326 e. The minimum absolute atomic E-state index is 0.0597. The molecule has 27 heavy (non-hydrogen) atoms. The second-order valence-electron chi connectivity index (χ2n) is 7.28. The normalized spacial score (nSPS) is 15.6. The monoisotopic (exact) mass is 388 g/mol. The Morgan fingerprint density at radius 1 is 0.889 bits per heavy atom. The standard InChI is InChI=1S/C17H32N4O6/c1-8(2)6-12(17(26)27)20-16(25)13(9(3)4)21-14(23)10(5)19-15(24)11(18)7-22/h8-13,22H,6-7,18H2,1-5H3,(H,19,24)(H,20,25)(H,21,23)(H,26,27).